The molecule has 2 heterocycles. The molecule has 70 valence electrons. The molecule has 0 saturated carbocycles. The van der Waals surface area contributed by atoms with E-state index in [9.17, 15) is 0 Å². The minimum absolute atomic E-state index is 0.919. The smallest absolute Gasteiger partial charge is 0.156 e. The highest BCUT2D eigenvalue weighted by Gasteiger charge is 2.04. The summed E-state index contributed by atoms with van der Waals surface area (Å²) < 4.78 is 2.05. The number of hydrogen-bond donors (Lipinski definition) is 1. The summed E-state index contributed by atoms with van der Waals surface area (Å²) in [6, 6.07) is 0. The van der Waals surface area contributed by atoms with Crippen molar-refractivity contribution in [2.45, 2.75) is 6.54 Å². The Bertz CT molecular complexity index is 280. The van der Waals surface area contributed by atoms with Gasteiger partial charge in [0.25, 0.3) is 0 Å². The lowest BCUT2D eigenvalue weighted by atomic mass is 10.6. The van der Waals surface area contributed by atoms with Crippen molar-refractivity contribution in [2.75, 3.05) is 18.8 Å². The van der Waals surface area contributed by atoms with Gasteiger partial charge in [0.2, 0.25) is 0 Å². The molecular weight excluding hydrogens is 184 g/mol. The molecule has 4 nitrogen and oxygen atoms in total. The second kappa shape index (κ2) is 4.32. The monoisotopic (exact) mass is 196 g/mol. The maximum Gasteiger partial charge on any atom is 0.156 e. The number of amidine groups is 1. The van der Waals surface area contributed by atoms with Gasteiger partial charge in [-0.3, -0.25) is 4.99 Å². The average molecular weight is 196 g/mol. The van der Waals surface area contributed by atoms with Crippen LogP contribution in [0.3, 0.4) is 0 Å². The third-order valence-electron chi connectivity index (χ3n) is 1.79. The standard InChI is InChI=1S/C8H12N4S/c1-4-12(7-9-1)5-2-10-8-11-3-6-13-8/h1,4,7H,2-3,5-6H2,(H,10,11). The molecule has 0 aliphatic carbocycles. The number of imidazole rings is 1. The number of rotatable bonds is 3. The predicted octanol–water partition coefficient (Wildman–Crippen LogP) is 0.575. The summed E-state index contributed by atoms with van der Waals surface area (Å²) in [6.07, 6.45) is 5.58. The zero-order valence-corrected chi connectivity index (χ0v) is 8.13. The van der Waals surface area contributed by atoms with E-state index in [1.807, 2.05) is 17.1 Å². The van der Waals surface area contributed by atoms with Crippen molar-refractivity contribution >= 4 is 16.9 Å². The zero-order valence-electron chi connectivity index (χ0n) is 7.31. The van der Waals surface area contributed by atoms with Crippen LogP contribution >= 0.6 is 11.8 Å². The Labute approximate surface area is 81.5 Å². The lowest BCUT2D eigenvalue weighted by Crippen LogP contribution is -2.23. The molecule has 0 aromatic carbocycles. The second-order valence-electron chi connectivity index (χ2n) is 2.76. The van der Waals surface area contributed by atoms with Gasteiger partial charge in [0, 0.05) is 31.2 Å². The Morgan fingerprint density at radius 3 is 3.31 bits per heavy atom. The lowest BCUT2D eigenvalue weighted by Gasteiger charge is -2.04. The predicted molar refractivity (Wildman–Crippen MR) is 55.0 cm³/mol. The second-order valence-corrected chi connectivity index (χ2v) is 3.85. The molecule has 0 unspecified atom stereocenters. The summed E-state index contributed by atoms with van der Waals surface area (Å²) in [5, 5.41) is 4.37. The van der Waals surface area contributed by atoms with Gasteiger partial charge < -0.3 is 9.88 Å². The first-order chi connectivity index (χ1) is 6.45. The van der Waals surface area contributed by atoms with Crippen LogP contribution in [-0.2, 0) is 6.54 Å². The van der Waals surface area contributed by atoms with Crippen LogP contribution in [0, 0.1) is 0 Å². The van der Waals surface area contributed by atoms with Crippen molar-refractivity contribution in [1.82, 2.24) is 14.9 Å². The molecule has 1 N–H and O–H groups in total. The molecule has 0 amide bonds. The van der Waals surface area contributed by atoms with E-state index in [0.29, 0.717) is 0 Å². The Morgan fingerprint density at radius 2 is 2.62 bits per heavy atom. The molecule has 0 spiro atoms. The Hall–Kier alpha value is -0.970. The first kappa shape index (κ1) is 8.62. The molecule has 0 bridgehead atoms. The molecule has 1 aliphatic heterocycles. The normalized spacial score (nSPS) is 15.8. The van der Waals surface area contributed by atoms with E-state index in [0.717, 1.165) is 30.6 Å². The molecule has 2 rings (SSSR count). The summed E-state index contributed by atoms with van der Waals surface area (Å²) in [5.41, 5.74) is 0. The van der Waals surface area contributed by atoms with Crippen molar-refractivity contribution in [2.24, 2.45) is 4.99 Å². The number of nitrogens with one attached hydrogen (secondary N) is 1. The van der Waals surface area contributed by atoms with Crippen LogP contribution < -0.4 is 5.32 Å². The number of nitrogens with zero attached hydrogens (tertiary/aromatic N) is 3. The van der Waals surface area contributed by atoms with Crippen LogP contribution in [0.4, 0.5) is 0 Å². The fraction of sp³-hybridized carbons (Fsp3) is 0.500. The van der Waals surface area contributed by atoms with Crippen LogP contribution in [0.25, 0.3) is 0 Å². The molecule has 1 aromatic heterocycles. The molecule has 0 radical (unpaired) electrons. The average Bonchev–Trinajstić information content (AvgIpc) is 2.75. The minimum atomic E-state index is 0.919. The van der Waals surface area contributed by atoms with Crippen LogP contribution in [0.5, 0.6) is 0 Å². The zero-order chi connectivity index (χ0) is 8.93. The van der Waals surface area contributed by atoms with Crippen LogP contribution in [0.1, 0.15) is 0 Å². The lowest BCUT2D eigenvalue weighted by molar-refractivity contribution is 0.676. The van der Waals surface area contributed by atoms with Gasteiger partial charge in [-0.25, -0.2) is 4.98 Å². The number of hydrogen-bond acceptors (Lipinski definition) is 4. The van der Waals surface area contributed by atoms with Gasteiger partial charge in [-0.05, 0) is 0 Å². The maximum absolute atomic E-state index is 4.30. The number of aliphatic imine (C=N–C) groups is 1. The fourth-order valence-corrected chi connectivity index (χ4v) is 1.92. The quantitative estimate of drug-likeness (QED) is 0.768. The minimum Gasteiger partial charge on any atom is -0.363 e. The summed E-state index contributed by atoms with van der Waals surface area (Å²) >= 11 is 1.79. The van der Waals surface area contributed by atoms with E-state index < -0.39 is 0 Å². The fourth-order valence-electron chi connectivity index (χ4n) is 1.15. The van der Waals surface area contributed by atoms with Crippen molar-refractivity contribution < 1.29 is 0 Å². The van der Waals surface area contributed by atoms with E-state index in [1.54, 1.807) is 18.0 Å². The van der Waals surface area contributed by atoms with Crippen LogP contribution in [0.2, 0.25) is 0 Å². The van der Waals surface area contributed by atoms with E-state index >= 15 is 0 Å². The Balaban J connectivity index is 1.69. The molecular formula is C8H12N4S. The van der Waals surface area contributed by atoms with E-state index in [1.165, 1.54) is 0 Å². The maximum atomic E-state index is 4.30. The van der Waals surface area contributed by atoms with E-state index in [-0.39, 0.29) is 0 Å². The first-order valence-corrected chi connectivity index (χ1v) is 5.30. The van der Waals surface area contributed by atoms with Crippen molar-refractivity contribution in [3.8, 4) is 0 Å². The topological polar surface area (TPSA) is 42.2 Å². The van der Waals surface area contributed by atoms with Crippen molar-refractivity contribution in [1.29, 1.82) is 0 Å². The molecule has 1 aromatic rings. The van der Waals surface area contributed by atoms with E-state index in [4.69, 9.17) is 0 Å². The third-order valence-corrected chi connectivity index (χ3v) is 2.72. The largest absolute Gasteiger partial charge is 0.363 e. The van der Waals surface area contributed by atoms with Gasteiger partial charge in [-0.2, -0.15) is 0 Å². The highest BCUT2D eigenvalue weighted by atomic mass is 32.2. The van der Waals surface area contributed by atoms with Gasteiger partial charge in [0.05, 0.1) is 12.9 Å². The summed E-state index contributed by atoms with van der Waals surface area (Å²) in [6.45, 7) is 2.82. The molecule has 0 atom stereocenters. The number of aromatic nitrogens is 2. The van der Waals surface area contributed by atoms with E-state index in [2.05, 4.69) is 15.3 Å². The molecule has 13 heavy (non-hydrogen) atoms. The van der Waals surface area contributed by atoms with Gasteiger partial charge in [0.15, 0.2) is 5.17 Å². The SMILES string of the molecule is c1cn(CCNC2=NCCS2)cn1. The van der Waals surface area contributed by atoms with Gasteiger partial charge in [0.1, 0.15) is 0 Å². The third kappa shape index (κ3) is 2.48. The van der Waals surface area contributed by atoms with Crippen LogP contribution in [0.15, 0.2) is 23.7 Å². The highest BCUT2D eigenvalue weighted by Crippen LogP contribution is 2.08. The van der Waals surface area contributed by atoms with Gasteiger partial charge in [-0.15, -0.1) is 0 Å². The molecule has 5 heteroatoms. The van der Waals surface area contributed by atoms with Crippen molar-refractivity contribution in [3.05, 3.63) is 18.7 Å². The summed E-state index contributed by atoms with van der Waals surface area (Å²) in [4.78, 5) is 8.27. The van der Waals surface area contributed by atoms with Gasteiger partial charge in [-0.1, -0.05) is 11.8 Å². The van der Waals surface area contributed by atoms with Crippen molar-refractivity contribution in [3.63, 3.8) is 0 Å². The number of thioether (sulfide) groups is 1. The molecule has 0 fully saturated rings. The first-order valence-electron chi connectivity index (χ1n) is 4.32. The summed E-state index contributed by atoms with van der Waals surface area (Å²) in [5.74, 6) is 1.12. The molecule has 1 aliphatic rings. The summed E-state index contributed by atoms with van der Waals surface area (Å²) in [7, 11) is 0. The Morgan fingerprint density at radius 1 is 1.62 bits per heavy atom. The highest BCUT2D eigenvalue weighted by molar-refractivity contribution is 8.14. The van der Waals surface area contributed by atoms with Crippen LogP contribution in [-0.4, -0.2) is 33.6 Å². The molecule has 0 saturated heterocycles. The Kier molecular flexibility index (Phi) is 2.86. The van der Waals surface area contributed by atoms with Gasteiger partial charge >= 0.3 is 0 Å².